The van der Waals surface area contributed by atoms with Gasteiger partial charge in [0.15, 0.2) is 0 Å². The molecule has 0 amide bonds. The van der Waals surface area contributed by atoms with Gasteiger partial charge in [0.25, 0.3) is 5.56 Å². The third-order valence-electron chi connectivity index (χ3n) is 4.50. The summed E-state index contributed by atoms with van der Waals surface area (Å²) >= 11 is 5.96. The Labute approximate surface area is 166 Å². The van der Waals surface area contributed by atoms with Crippen molar-refractivity contribution in [3.05, 3.63) is 81.4 Å². The lowest BCUT2D eigenvalue weighted by Gasteiger charge is -2.07. The quantitative estimate of drug-likeness (QED) is 0.514. The number of hydrogen-bond acceptors (Lipinski definition) is 3. The predicted octanol–water partition coefficient (Wildman–Crippen LogP) is 3.69. The van der Waals surface area contributed by atoms with Gasteiger partial charge in [-0.2, -0.15) is 0 Å². The molecule has 0 aliphatic heterocycles. The number of fused-ring (bicyclic) bond motifs is 1. The van der Waals surface area contributed by atoms with Crippen molar-refractivity contribution in [3.63, 3.8) is 0 Å². The molecule has 2 N–H and O–H groups in total. The van der Waals surface area contributed by atoms with Gasteiger partial charge in [-0.15, -0.1) is 0 Å². The molecule has 0 spiro atoms. The van der Waals surface area contributed by atoms with E-state index in [1.807, 2.05) is 31.2 Å². The Bertz CT molecular complexity index is 1270. The second-order valence-corrected chi connectivity index (χ2v) is 6.71. The Morgan fingerprint density at radius 1 is 1.14 bits per heavy atom. The molecule has 0 atom stereocenters. The lowest BCUT2D eigenvalue weighted by molar-refractivity contribution is 0.350. The van der Waals surface area contributed by atoms with E-state index in [1.54, 1.807) is 30.5 Å². The van der Waals surface area contributed by atoms with E-state index < -0.39 is 0 Å². The number of aryl methyl sites for hydroxylation is 1. The Morgan fingerprint density at radius 2 is 1.86 bits per heavy atom. The number of nitrogens with zero attached hydrogens (tertiary/aromatic N) is 2. The molecule has 6 heteroatoms. The molecule has 0 fully saturated rings. The summed E-state index contributed by atoms with van der Waals surface area (Å²) in [6.07, 6.45) is 1.60. The molecule has 2 aromatic carbocycles. The first-order chi connectivity index (χ1) is 13.6. The van der Waals surface area contributed by atoms with Crippen molar-refractivity contribution in [2.75, 3.05) is 6.61 Å². The zero-order chi connectivity index (χ0) is 19.7. The van der Waals surface area contributed by atoms with Crippen LogP contribution in [0.5, 0.6) is 0 Å². The molecule has 0 saturated carbocycles. The normalized spacial score (nSPS) is 10.7. The van der Waals surface area contributed by atoms with Gasteiger partial charge in [-0.1, -0.05) is 35.6 Å². The van der Waals surface area contributed by atoms with Crippen LogP contribution in [-0.4, -0.2) is 26.5 Å². The van der Waals surface area contributed by atoms with E-state index in [4.69, 9.17) is 16.7 Å². The highest BCUT2D eigenvalue weighted by atomic mass is 35.5. The van der Waals surface area contributed by atoms with Crippen molar-refractivity contribution in [3.8, 4) is 28.7 Å². The lowest BCUT2D eigenvalue weighted by Crippen LogP contribution is -2.14. The zero-order valence-electron chi connectivity index (χ0n) is 15.0. The molecule has 5 nitrogen and oxygen atoms in total. The number of benzene rings is 2. The fourth-order valence-corrected chi connectivity index (χ4v) is 3.28. The van der Waals surface area contributed by atoms with Crippen LogP contribution in [0.15, 0.2) is 59.5 Å². The number of aliphatic hydroxyl groups excluding tert-OH is 1. The number of halogens is 1. The van der Waals surface area contributed by atoms with E-state index in [0.29, 0.717) is 16.1 Å². The summed E-state index contributed by atoms with van der Waals surface area (Å²) in [4.78, 5) is 17.3. The molecule has 4 rings (SSSR count). The summed E-state index contributed by atoms with van der Waals surface area (Å²) in [6.45, 7) is 1.73. The first-order valence-electron chi connectivity index (χ1n) is 8.65. The molecular weight excluding hydrogens is 374 g/mol. The van der Waals surface area contributed by atoms with Crippen molar-refractivity contribution >= 4 is 22.5 Å². The molecule has 0 unspecified atom stereocenters. The Morgan fingerprint density at radius 3 is 2.54 bits per heavy atom. The number of aromatic amines is 1. The third kappa shape index (κ3) is 3.20. The van der Waals surface area contributed by atoms with Crippen LogP contribution in [0.25, 0.3) is 27.7 Å². The number of H-pyrrole nitrogens is 1. The molecule has 0 aliphatic rings. The lowest BCUT2D eigenvalue weighted by atomic mass is 10.0. The average Bonchev–Trinajstić information content (AvgIpc) is 3.04. The Hall–Kier alpha value is -3.33. The molecule has 0 bridgehead atoms. The predicted molar refractivity (Wildman–Crippen MR) is 111 cm³/mol. The van der Waals surface area contributed by atoms with E-state index in [0.717, 1.165) is 27.9 Å². The van der Waals surface area contributed by atoms with Crippen LogP contribution in [-0.2, 0) is 0 Å². The fourth-order valence-electron chi connectivity index (χ4n) is 3.15. The van der Waals surface area contributed by atoms with Crippen LogP contribution in [0.4, 0.5) is 0 Å². The van der Waals surface area contributed by atoms with Gasteiger partial charge in [-0.25, -0.2) is 4.68 Å². The van der Waals surface area contributed by atoms with E-state index in [-0.39, 0.29) is 12.2 Å². The minimum Gasteiger partial charge on any atom is -0.384 e. The van der Waals surface area contributed by atoms with Crippen molar-refractivity contribution in [2.24, 2.45) is 0 Å². The van der Waals surface area contributed by atoms with Crippen LogP contribution < -0.4 is 5.56 Å². The molecule has 2 heterocycles. The van der Waals surface area contributed by atoms with Gasteiger partial charge in [0.2, 0.25) is 0 Å². The summed E-state index contributed by atoms with van der Waals surface area (Å²) in [7, 11) is 0. The highest BCUT2D eigenvalue weighted by Gasteiger charge is 2.16. The van der Waals surface area contributed by atoms with Crippen molar-refractivity contribution in [1.82, 2.24) is 14.8 Å². The van der Waals surface area contributed by atoms with Gasteiger partial charge in [-0.3, -0.25) is 14.9 Å². The van der Waals surface area contributed by atoms with Crippen LogP contribution in [0.1, 0.15) is 11.3 Å². The molecule has 138 valence electrons. The summed E-state index contributed by atoms with van der Waals surface area (Å²) in [5, 5.41) is 13.2. The number of aliphatic hydroxyl groups is 1. The van der Waals surface area contributed by atoms with Gasteiger partial charge >= 0.3 is 0 Å². The minimum atomic E-state index is -0.177. The smallest absolute Gasteiger partial charge is 0.280 e. The summed E-state index contributed by atoms with van der Waals surface area (Å²) in [5.74, 6) is 5.51. The second kappa shape index (κ2) is 7.35. The largest absolute Gasteiger partial charge is 0.384 e. The molecule has 28 heavy (non-hydrogen) atoms. The Balaban J connectivity index is 1.89. The second-order valence-electron chi connectivity index (χ2n) is 6.27. The van der Waals surface area contributed by atoms with Crippen LogP contribution in [0.2, 0.25) is 5.02 Å². The van der Waals surface area contributed by atoms with Crippen LogP contribution in [0, 0.1) is 18.8 Å². The highest BCUT2D eigenvalue weighted by molar-refractivity contribution is 6.30. The summed E-state index contributed by atoms with van der Waals surface area (Å²) in [5.41, 5.74) is 4.66. The Kier molecular flexibility index (Phi) is 4.74. The minimum absolute atomic E-state index is 0.170. The van der Waals surface area contributed by atoms with Gasteiger partial charge in [0.05, 0.1) is 16.6 Å². The molecule has 0 radical (unpaired) electrons. The zero-order valence-corrected chi connectivity index (χ0v) is 15.8. The maximum Gasteiger partial charge on any atom is 0.280 e. The average molecular weight is 390 g/mol. The number of aromatic nitrogens is 3. The number of hydrogen-bond donors (Lipinski definition) is 2. The molecule has 2 aromatic heterocycles. The molecular formula is C22H16ClN3O2. The number of pyridine rings is 1. The van der Waals surface area contributed by atoms with Gasteiger partial charge in [0.1, 0.15) is 6.61 Å². The van der Waals surface area contributed by atoms with Crippen molar-refractivity contribution < 1.29 is 5.11 Å². The molecule has 4 aromatic rings. The van der Waals surface area contributed by atoms with E-state index in [9.17, 15) is 4.79 Å². The maximum atomic E-state index is 12.9. The number of nitrogens with one attached hydrogen (secondary N) is 1. The maximum absolute atomic E-state index is 12.9. The topological polar surface area (TPSA) is 70.9 Å². The monoisotopic (exact) mass is 389 g/mol. The van der Waals surface area contributed by atoms with Gasteiger partial charge in [-0.05, 0) is 48.9 Å². The third-order valence-corrected chi connectivity index (χ3v) is 4.75. The van der Waals surface area contributed by atoms with Crippen molar-refractivity contribution in [1.29, 1.82) is 0 Å². The van der Waals surface area contributed by atoms with E-state index in [1.165, 1.54) is 4.68 Å². The van der Waals surface area contributed by atoms with Gasteiger partial charge < -0.3 is 5.11 Å². The summed E-state index contributed by atoms with van der Waals surface area (Å²) < 4.78 is 1.49. The van der Waals surface area contributed by atoms with Gasteiger partial charge in [0, 0.05) is 28.0 Å². The van der Waals surface area contributed by atoms with Crippen molar-refractivity contribution in [2.45, 2.75) is 6.92 Å². The highest BCUT2D eigenvalue weighted by Crippen LogP contribution is 2.29. The van der Waals surface area contributed by atoms with Crippen LogP contribution in [0.3, 0.4) is 0 Å². The van der Waals surface area contributed by atoms with Crippen LogP contribution >= 0.6 is 11.6 Å². The fraction of sp³-hybridized carbons (Fsp3) is 0.0909. The molecule has 0 saturated heterocycles. The standard InChI is InChI=1S/C22H16ClN3O2/c1-14-20(16-6-4-15(5-7-16)3-2-12-27)21-19(13-24-14)22(28)26(25-21)18-10-8-17(23)9-11-18/h4-11,13,25,27H,12H2,1H3. The molecule has 0 aliphatic carbocycles. The van der Waals surface area contributed by atoms with E-state index in [2.05, 4.69) is 21.9 Å². The SMILES string of the molecule is Cc1ncc2c(=O)n(-c3ccc(Cl)cc3)[nH]c2c1-c1ccc(C#CCO)cc1. The first-order valence-corrected chi connectivity index (χ1v) is 9.02. The first kappa shape index (κ1) is 18.1. The number of rotatable bonds is 2. The summed E-state index contributed by atoms with van der Waals surface area (Å²) in [6, 6.07) is 14.7. The van der Waals surface area contributed by atoms with E-state index >= 15 is 0 Å².